The number of carbonyl (C=O) groups is 1. The standard InChI is InChI=1S/C13H24O3/c1-13(2,12(14)15)8-9-16-10-11-6-4-3-5-7-11/h11H,3-10H2,1-2H3,(H,14,15). The minimum atomic E-state index is -0.742. The van der Waals surface area contributed by atoms with Crippen molar-refractivity contribution in [3.05, 3.63) is 0 Å². The lowest BCUT2D eigenvalue weighted by Gasteiger charge is -2.23. The van der Waals surface area contributed by atoms with Crippen molar-refractivity contribution in [3.63, 3.8) is 0 Å². The van der Waals surface area contributed by atoms with E-state index in [0.717, 1.165) is 6.61 Å². The van der Waals surface area contributed by atoms with Gasteiger partial charge in [0.15, 0.2) is 0 Å². The molecule has 94 valence electrons. The number of rotatable bonds is 6. The van der Waals surface area contributed by atoms with Crippen LogP contribution >= 0.6 is 0 Å². The van der Waals surface area contributed by atoms with Crippen LogP contribution in [0.4, 0.5) is 0 Å². The maximum atomic E-state index is 10.9. The van der Waals surface area contributed by atoms with Crippen molar-refractivity contribution in [2.24, 2.45) is 11.3 Å². The van der Waals surface area contributed by atoms with Crippen molar-refractivity contribution in [2.75, 3.05) is 13.2 Å². The van der Waals surface area contributed by atoms with Crippen LogP contribution in [0.1, 0.15) is 52.4 Å². The van der Waals surface area contributed by atoms with E-state index in [1.807, 2.05) is 0 Å². The summed E-state index contributed by atoms with van der Waals surface area (Å²) in [5, 5.41) is 8.93. The van der Waals surface area contributed by atoms with E-state index >= 15 is 0 Å². The highest BCUT2D eigenvalue weighted by Gasteiger charge is 2.26. The molecule has 0 atom stereocenters. The maximum Gasteiger partial charge on any atom is 0.309 e. The normalized spacial score (nSPS) is 18.6. The first-order valence-corrected chi connectivity index (χ1v) is 6.33. The van der Waals surface area contributed by atoms with E-state index in [2.05, 4.69) is 0 Å². The number of ether oxygens (including phenoxy) is 1. The highest BCUT2D eigenvalue weighted by Crippen LogP contribution is 2.24. The summed E-state index contributed by atoms with van der Waals surface area (Å²) < 4.78 is 5.60. The predicted molar refractivity (Wildman–Crippen MR) is 63.4 cm³/mol. The molecule has 0 aromatic rings. The molecule has 0 unspecified atom stereocenters. The SMILES string of the molecule is CC(C)(CCOCC1CCCCC1)C(=O)O. The second kappa shape index (κ2) is 6.24. The van der Waals surface area contributed by atoms with Crippen LogP contribution in [0.5, 0.6) is 0 Å². The number of aliphatic carboxylic acids is 1. The van der Waals surface area contributed by atoms with Crippen LogP contribution in [0.25, 0.3) is 0 Å². The van der Waals surface area contributed by atoms with E-state index in [4.69, 9.17) is 9.84 Å². The lowest BCUT2D eigenvalue weighted by Crippen LogP contribution is -2.26. The molecule has 1 aliphatic carbocycles. The fraction of sp³-hybridized carbons (Fsp3) is 0.923. The fourth-order valence-corrected chi connectivity index (χ4v) is 2.04. The van der Waals surface area contributed by atoms with E-state index < -0.39 is 11.4 Å². The van der Waals surface area contributed by atoms with Gasteiger partial charge in [-0.2, -0.15) is 0 Å². The molecule has 1 saturated carbocycles. The smallest absolute Gasteiger partial charge is 0.309 e. The Morgan fingerprint density at radius 3 is 2.50 bits per heavy atom. The molecule has 0 saturated heterocycles. The predicted octanol–water partition coefficient (Wildman–Crippen LogP) is 3.08. The monoisotopic (exact) mass is 228 g/mol. The molecular weight excluding hydrogens is 204 g/mol. The Labute approximate surface area is 98.2 Å². The summed E-state index contributed by atoms with van der Waals surface area (Å²) >= 11 is 0. The van der Waals surface area contributed by atoms with Crippen LogP contribution in [-0.2, 0) is 9.53 Å². The second-order valence-electron chi connectivity index (χ2n) is 5.52. The van der Waals surface area contributed by atoms with Gasteiger partial charge in [-0.1, -0.05) is 19.3 Å². The first kappa shape index (κ1) is 13.5. The molecule has 1 rings (SSSR count). The minimum absolute atomic E-state index is 0.565. The van der Waals surface area contributed by atoms with Crippen molar-refractivity contribution < 1.29 is 14.6 Å². The van der Waals surface area contributed by atoms with Crippen LogP contribution in [0, 0.1) is 11.3 Å². The lowest BCUT2D eigenvalue weighted by atomic mass is 9.89. The zero-order valence-corrected chi connectivity index (χ0v) is 10.5. The quantitative estimate of drug-likeness (QED) is 0.711. The molecule has 0 aromatic carbocycles. The van der Waals surface area contributed by atoms with E-state index in [9.17, 15) is 4.79 Å². The Balaban J connectivity index is 2.09. The van der Waals surface area contributed by atoms with Crippen molar-refractivity contribution in [1.29, 1.82) is 0 Å². The molecule has 3 heteroatoms. The summed E-state index contributed by atoms with van der Waals surface area (Å²) in [5.41, 5.74) is -0.660. The topological polar surface area (TPSA) is 46.5 Å². The van der Waals surface area contributed by atoms with E-state index in [-0.39, 0.29) is 0 Å². The van der Waals surface area contributed by atoms with E-state index in [1.54, 1.807) is 13.8 Å². The number of hydrogen-bond donors (Lipinski definition) is 1. The summed E-state index contributed by atoms with van der Waals surface area (Å²) in [6.07, 6.45) is 7.17. The average molecular weight is 228 g/mol. The van der Waals surface area contributed by atoms with Crippen LogP contribution in [0.15, 0.2) is 0 Å². The van der Waals surface area contributed by atoms with Crippen LogP contribution in [-0.4, -0.2) is 24.3 Å². The lowest BCUT2D eigenvalue weighted by molar-refractivity contribution is -0.148. The third-order valence-corrected chi connectivity index (χ3v) is 3.53. The molecule has 1 fully saturated rings. The largest absolute Gasteiger partial charge is 0.481 e. The third-order valence-electron chi connectivity index (χ3n) is 3.53. The van der Waals surface area contributed by atoms with Gasteiger partial charge < -0.3 is 9.84 Å². The van der Waals surface area contributed by atoms with Gasteiger partial charge in [-0.3, -0.25) is 4.79 Å². The van der Waals surface area contributed by atoms with Crippen molar-refractivity contribution >= 4 is 5.97 Å². The number of carboxylic acids is 1. The Bertz CT molecular complexity index is 217. The van der Waals surface area contributed by atoms with Gasteiger partial charge in [0.1, 0.15) is 0 Å². The zero-order chi connectivity index (χ0) is 12.0. The minimum Gasteiger partial charge on any atom is -0.481 e. The van der Waals surface area contributed by atoms with Gasteiger partial charge in [-0.25, -0.2) is 0 Å². The molecule has 0 heterocycles. The Kier molecular flexibility index (Phi) is 5.26. The molecule has 0 amide bonds. The average Bonchev–Trinajstić information content (AvgIpc) is 2.26. The maximum absolute atomic E-state index is 10.9. The fourth-order valence-electron chi connectivity index (χ4n) is 2.04. The van der Waals surface area contributed by atoms with Gasteiger partial charge in [0.05, 0.1) is 5.41 Å². The summed E-state index contributed by atoms with van der Waals surface area (Å²) in [4.78, 5) is 10.9. The molecule has 16 heavy (non-hydrogen) atoms. The van der Waals surface area contributed by atoms with Gasteiger partial charge >= 0.3 is 5.97 Å². The van der Waals surface area contributed by atoms with Crippen LogP contribution < -0.4 is 0 Å². The van der Waals surface area contributed by atoms with Crippen molar-refractivity contribution in [3.8, 4) is 0 Å². The highest BCUT2D eigenvalue weighted by molar-refractivity contribution is 5.73. The number of carboxylic acid groups (broad SMARTS) is 1. The summed E-state index contributed by atoms with van der Waals surface area (Å²) in [5.74, 6) is -0.0320. The summed E-state index contributed by atoms with van der Waals surface area (Å²) in [6, 6.07) is 0. The second-order valence-corrected chi connectivity index (χ2v) is 5.52. The first-order valence-electron chi connectivity index (χ1n) is 6.33. The Morgan fingerprint density at radius 1 is 1.31 bits per heavy atom. The van der Waals surface area contributed by atoms with Gasteiger partial charge in [0.2, 0.25) is 0 Å². The van der Waals surface area contributed by atoms with E-state index in [1.165, 1.54) is 32.1 Å². The number of hydrogen-bond acceptors (Lipinski definition) is 2. The molecule has 1 N–H and O–H groups in total. The molecule has 0 spiro atoms. The van der Waals surface area contributed by atoms with Crippen molar-refractivity contribution in [2.45, 2.75) is 52.4 Å². The zero-order valence-electron chi connectivity index (χ0n) is 10.5. The molecular formula is C13H24O3. The Hall–Kier alpha value is -0.570. The highest BCUT2D eigenvalue weighted by atomic mass is 16.5. The van der Waals surface area contributed by atoms with Crippen LogP contribution in [0.3, 0.4) is 0 Å². The Morgan fingerprint density at radius 2 is 1.94 bits per heavy atom. The van der Waals surface area contributed by atoms with Crippen molar-refractivity contribution in [1.82, 2.24) is 0 Å². The van der Waals surface area contributed by atoms with Gasteiger partial charge in [0, 0.05) is 13.2 Å². The third kappa shape index (κ3) is 4.52. The van der Waals surface area contributed by atoms with Crippen LogP contribution in [0.2, 0.25) is 0 Å². The van der Waals surface area contributed by atoms with Gasteiger partial charge in [-0.15, -0.1) is 0 Å². The summed E-state index contributed by atoms with van der Waals surface area (Å²) in [6.45, 7) is 4.88. The molecule has 0 aromatic heterocycles. The first-order chi connectivity index (χ1) is 7.52. The molecule has 0 radical (unpaired) electrons. The molecule has 0 bridgehead atoms. The molecule has 1 aliphatic rings. The summed E-state index contributed by atoms with van der Waals surface area (Å²) in [7, 11) is 0. The van der Waals surface area contributed by atoms with E-state index in [0.29, 0.717) is 18.9 Å². The van der Waals surface area contributed by atoms with Gasteiger partial charge in [-0.05, 0) is 39.0 Å². The van der Waals surface area contributed by atoms with Gasteiger partial charge in [0.25, 0.3) is 0 Å². The molecule has 3 nitrogen and oxygen atoms in total. The molecule has 0 aliphatic heterocycles.